The molecule has 3 aromatic carbocycles. The van der Waals surface area contributed by atoms with Crippen LogP contribution in [0.15, 0.2) is 102 Å². The van der Waals surface area contributed by atoms with Crippen molar-refractivity contribution >= 4 is 28.7 Å². The molecule has 5 aromatic rings. The van der Waals surface area contributed by atoms with Gasteiger partial charge in [-0.3, -0.25) is 9.78 Å². The quantitative estimate of drug-likeness (QED) is 0.278. The van der Waals surface area contributed by atoms with Crippen molar-refractivity contribution in [2.24, 2.45) is 0 Å². The Hall–Kier alpha value is -3.90. The van der Waals surface area contributed by atoms with Crippen molar-refractivity contribution < 1.29 is 4.79 Å². The number of thioether (sulfide) groups is 1. The predicted octanol–water partition coefficient (Wildman–Crippen LogP) is 6.01. The third-order valence-electron chi connectivity index (χ3n) is 5.82. The third-order valence-corrected chi connectivity index (χ3v) is 6.87. The number of carbonyl (C=O) groups excluding carboxylic acids is 1. The number of aromatic nitrogens is 3. The largest absolute Gasteiger partial charge is 0.348 e. The fraction of sp³-hybridized carbons (Fsp3) is 0.138. The van der Waals surface area contributed by atoms with Gasteiger partial charge in [0.25, 0.3) is 5.91 Å². The van der Waals surface area contributed by atoms with Crippen molar-refractivity contribution in [1.29, 1.82) is 0 Å². The molecule has 1 N–H and O–H groups in total. The van der Waals surface area contributed by atoms with Crippen LogP contribution in [0.4, 0.5) is 0 Å². The van der Waals surface area contributed by atoms with E-state index in [1.54, 1.807) is 18.0 Å². The van der Waals surface area contributed by atoms with Crippen LogP contribution in [0.5, 0.6) is 0 Å². The van der Waals surface area contributed by atoms with E-state index in [4.69, 9.17) is 4.98 Å². The van der Waals surface area contributed by atoms with Crippen LogP contribution in [-0.2, 0) is 18.8 Å². The zero-order chi connectivity index (χ0) is 24.0. The van der Waals surface area contributed by atoms with Gasteiger partial charge in [0, 0.05) is 24.1 Å². The molecule has 1 amide bonds. The normalized spacial score (nSPS) is 11.0. The van der Waals surface area contributed by atoms with Crippen LogP contribution >= 0.6 is 11.8 Å². The maximum atomic E-state index is 12.6. The molecular weight excluding hydrogens is 452 g/mol. The SMILES string of the molecule is Cc1cccc(CSc2nc3ccncc3n2Cc2ccc(C(=O)NCc3ccccc3)cc2)c1. The summed E-state index contributed by atoms with van der Waals surface area (Å²) in [6.45, 7) is 3.28. The molecule has 0 saturated carbocycles. The van der Waals surface area contributed by atoms with Gasteiger partial charge < -0.3 is 9.88 Å². The van der Waals surface area contributed by atoms with Crippen LogP contribution in [0.1, 0.15) is 32.6 Å². The minimum atomic E-state index is -0.0768. The van der Waals surface area contributed by atoms with Crippen LogP contribution in [0.2, 0.25) is 0 Å². The second-order valence-corrected chi connectivity index (χ2v) is 9.43. The molecule has 5 nitrogen and oxygen atoms in total. The van der Waals surface area contributed by atoms with E-state index in [1.807, 2.05) is 66.9 Å². The molecule has 0 aliphatic rings. The van der Waals surface area contributed by atoms with Gasteiger partial charge in [-0.2, -0.15) is 0 Å². The highest BCUT2D eigenvalue weighted by atomic mass is 32.2. The van der Waals surface area contributed by atoms with Gasteiger partial charge in [-0.25, -0.2) is 4.98 Å². The number of carbonyl (C=O) groups is 1. The van der Waals surface area contributed by atoms with Crippen LogP contribution < -0.4 is 5.32 Å². The predicted molar refractivity (Wildman–Crippen MR) is 141 cm³/mol. The number of imidazole rings is 1. The van der Waals surface area contributed by atoms with Crippen molar-refractivity contribution in [2.75, 3.05) is 0 Å². The monoisotopic (exact) mass is 478 g/mol. The molecule has 6 heteroatoms. The molecule has 0 bridgehead atoms. The highest BCUT2D eigenvalue weighted by molar-refractivity contribution is 7.98. The number of rotatable bonds is 8. The van der Waals surface area contributed by atoms with Gasteiger partial charge in [0.15, 0.2) is 5.16 Å². The molecule has 174 valence electrons. The summed E-state index contributed by atoms with van der Waals surface area (Å²) in [5.41, 5.74) is 7.30. The molecular formula is C29H26N4OS. The van der Waals surface area contributed by atoms with Gasteiger partial charge in [-0.15, -0.1) is 0 Å². The first-order valence-corrected chi connectivity index (χ1v) is 12.5. The number of nitrogens with one attached hydrogen (secondary N) is 1. The molecule has 2 aromatic heterocycles. The molecule has 0 spiro atoms. The summed E-state index contributed by atoms with van der Waals surface area (Å²) >= 11 is 1.73. The Morgan fingerprint density at radius 1 is 0.914 bits per heavy atom. The maximum Gasteiger partial charge on any atom is 0.251 e. The second kappa shape index (κ2) is 10.6. The number of hydrogen-bond donors (Lipinski definition) is 1. The summed E-state index contributed by atoms with van der Waals surface area (Å²) in [5.74, 6) is 0.769. The van der Waals surface area contributed by atoms with Crippen molar-refractivity contribution in [2.45, 2.75) is 30.9 Å². The molecule has 0 fully saturated rings. The lowest BCUT2D eigenvalue weighted by Crippen LogP contribution is -2.22. The lowest BCUT2D eigenvalue weighted by molar-refractivity contribution is 0.0951. The average molecular weight is 479 g/mol. The van der Waals surface area contributed by atoms with E-state index in [0.717, 1.165) is 33.1 Å². The number of aryl methyl sites for hydroxylation is 1. The smallest absolute Gasteiger partial charge is 0.251 e. The summed E-state index contributed by atoms with van der Waals surface area (Å²) in [7, 11) is 0. The second-order valence-electron chi connectivity index (χ2n) is 8.49. The van der Waals surface area contributed by atoms with Crippen LogP contribution in [0.3, 0.4) is 0 Å². The molecule has 0 aliphatic carbocycles. The molecule has 5 rings (SSSR count). The van der Waals surface area contributed by atoms with Crippen LogP contribution in [-0.4, -0.2) is 20.4 Å². The van der Waals surface area contributed by atoms with Gasteiger partial charge in [0.2, 0.25) is 0 Å². The van der Waals surface area contributed by atoms with E-state index < -0.39 is 0 Å². The summed E-state index contributed by atoms with van der Waals surface area (Å²) in [6, 6.07) is 28.2. The Kier molecular flexibility index (Phi) is 6.91. The molecule has 2 heterocycles. The Morgan fingerprint density at radius 3 is 2.51 bits per heavy atom. The van der Waals surface area contributed by atoms with Gasteiger partial charge in [0.1, 0.15) is 0 Å². The minimum Gasteiger partial charge on any atom is -0.348 e. The number of pyridine rings is 1. The van der Waals surface area contributed by atoms with E-state index in [0.29, 0.717) is 18.7 Å². The number of fused-ring (bicyclic) bond motifs is 1. The van der Waals surface area contributed by atoms with Crippen molar-refractivity contribution in [3.63, 3.8) is 0 Å². The lowest BCUT2D eigenvalue weighted by atomic mass is 10.1. The summed E-state index contributed by atoms with van der Waals surface area (Å²) in [4.78, 5) is 21.8. The van der Waals surface area contributed by atoms with Crippen molar-refractivity contribution in [3.8, 4) is 0 Å². The Morgan fingerprint density at radius 2 is 1.71 bits per heavy atom. The molecule has 0 atom stereocenters. The van der Waals surface area contributed by atoms with Gasteiger partial charge >= 0.3 is 0 Å². The van der Waals surface area contributed by atoms with Gasteiger partial charge in [-0.1, -0.05) is 84.1 Å². The fourth-order valence-electron chi connectivity index (χ4n) is 3.98. The summed E-state index contributed by atoms with van der Waals surface area (Å²) in [5, 5.41) is 3.94. The first-order valence-electron chi connectivity index (χ1n) is 11.6. The van der Waals surface area contributed by atoms with Crippen molar-refractivity contribution in [3.05, 3.63) is 125 Å². The summed E-state index contributed by atoms with van der Waals surface area (Å²) < 4.78 is 2.20. The van der Waals surface area contributed by atoms with E-state index in [2.05, 4.69) is 46.1 Å². The number of nitrogens with zero attached hydrogens (tertiary/aromatic N) is 3. The van der Waals surface area contributed by atoms with E-state index in [9.17, 15) is 4.79 Å². The van der Waals surface area contributed by atoms with Crippen molar-refractivity contribution in [1.82, 2.24) is 19.9 Å². The zero-order valence-corrected chi connectivity index (χ0v) is 20.3. The first-order chi connectivity index (χ1) is 17.2. The third kappa shape index (κ3) is 5.61. The molecule has 0 saturated heterocycles. The lowest BCUT2D eigenvalue weighted by Gasteiger charge is -2.10. The standard InChI is InChI=1S/C29H26N4OS/c1-21-6-5-9-24(16-21)20-35-29-32-26-14-15-30-18-27(26)33(29)19-23-10-12-25(13-11-23)28(34)31-17-22-7-3-2-4-8-22/h2-16,18H,17,19-20H2,1H3,(H,31,34). The molecule has 35 heavy (non-hydrogen) atoms. The minimum absolute atomic E-state index is 0.0768. The Balaban J connectivity index is 1.31. The van der Waals surface area contributed by atoms with E-state index in [1.165, 1.54) is 11.1 Å². The van der Waals surface area contributed by atoms with E-state index >= 15 is 0 Å². The van der Waals surface area contributed by atoms with Gasteiger partial charge in [0.05, 0.1) is 23.8 Å². The first kappa shape index (κ1) is 22.9. The van der Waals surface area contributed by atoms with Crippen LogP contribution in [0, 0.1) is 6.92 Å². The Bertz CT molecular complexity index is 1450. The highest BCUT2D eigenvalue weighted by Gasteiger charge is 2.13. The topological polar surface area (TPSA) is 59.8 Å². The molecule has 0 aliphatic heterocycles. The molecule has 0 unspecified atom stereocenters. The average Bonchev–Trinajstić information content (AvgIpc) is 3.24. The Labute approximate surface area is 209 Å². The molecule has 0 radical (unpaired) electrons. The number of hydrogen-bond acceptors (Lipinski definition) is 4. The zero-order valence-electron chi connectivity index (χ0n) is 19.5. The number of benzene rings is 3. The summed E-state index contributed by atoms with van der Waals surface area (Å²) in [6.07, 6.45) is 3.64. The van der Waals surface area contributed by atoms with Crippen LogP contribution in [0.25, 0.3) is 11.0 Å². The highest BCUT2D eigenvalue weighted by Crippen LogP contribution is 2.27. The maximum absolute atomic E-state index is 12.6. The number of amides is 1. The van der Waals surface area contributed by atoms with E-state index in [-0.39, 0.29) is 5.91 Å². The fourth-order valence-corrected chi connectivity index (χ4v) is 4.94. The van der Waals surface area contributed by atoms with Gasteiger partial charge in [-0.05, 0) is 41.8 Å².